The Labute approximate surface area is 152 Å². The number of benzene rings is 1. The summed E-state index contributed by atoms with van der Waals surface area (Å²) in [7, 11) is 0. The van der Waals surface area contributed by atoms with Crippen LogP contribution in [0.4, 0.5) is 11.7 Å². The van der Waals surface area contributed by atoms with Gasteiger partial charge < -0.3 is 9.47 Å². The van der Waals surface area contributed by atoms with E-state index in [1.807, 2.05) is 48.5 Å². The van der Waals surface area contributed by atoms with Crippen molar-refractivity contribution < 1.29 is 21.1 Å². The summed E-state index contributed by atoms with van der Waals surface area (Å²) in [5.41, 5.74) is 1.05. The lowest BCUT2D eigenvalue weighted by Crippen LogP contribution is -2.16. The minimum atomic E-state index is -5.39. The van der Waals surface area contributed by atoms with Crippen molar-refractivity contribution in [3.8, 4) is 0 Å². The van der Waals surface area contributed by atoms with E-state index in [0.717, 1.165) is 12.0 Å². The van der Waals surface area contributed by atoms with Gasteiger partial charge in [0.1, 0.15) is 0 Å². The molecule has 0 aromatic heterocycles. The van der Waals surface area contributed by atoms with Crippen LogP contribution in [0.15, 0.2) is 17.0 Å². The van der Waals surface area contributed by atoms with Crippen LogP contribution in [0.3, 0.4) is 0 Å². The second-order valence-corrected chi connectivity index (χ2v) is 8.89. The topological polar surface area (TPSA) is 18.5 Å². The molecule has 1 aromatic carbocycles. The summed E-state index contributed by atoms with van der Waals surface area (Å²) in [6.45, 7) is 13.4. The van der Waals surface area contributed by atoms with Crippen LogP contribution in [-0.2, 0) is 28.1 Å². The first-order valence-corrected chi connectivity index (χ1v) is 10.0. The molecular formula is C19H31F3O2S. The van der Waals surface area contributed by atoms with Crippen LogP contribution < -0.4 is 0 Å². The fourth-order valence-corrected chi connectivity index (χ4v) is 3.14. The zero-order valence-electron chi connectivity index (χ0n) is 16.3. The minimum Gasteiger partial charge on any atom is -0.374 e. The molecular weight excluding hydrogens is 349 g/mol. The second kappa shape index (κ2) is 8.78. The molecule has 0 saturated carbocycles. The molecule has 1 unspecified atom stereocenters. The molecule has 0 aliphatic rings. The van der Waals surface area contributed by atoms with Crippen molar-refractivity contribution in [1.82, 2.24) is 0 Å². The highest BCUT2D eigenvalue weighted by molar-refractivity contribution is 8.21. The van der Waals surface area contributed by atoms with E-state index in [1.54, 1.807) is 12.1 Å². The predicted octanol–water partition coefficient (Wildman–Crippen LogP) is 7.04. The Kier molecular flexibility index (Phi) is 7.84. The van der Waals surface area contributed by atoms with Gasteiger partial charge in [0.05, 0.1) is 30.3 Å². The zero-order valence-corrected chi connectivity index (χ0v) is 17.1. The molecule has 0 amide bonds. The first-order valence-electron chi connectivity index (χ1n) is 8.68. The van der Waals surface area contributed by atoms with E-state index in [1.165, 1.54) is 0 Å². The fraction of sp³-hybridized carbons (Fsp3) is 0.684. The van der Waals surface area contributed by atoms with Crippen LogP contribution in [0.2, 0.25) is 0 Å². The largest absolute Gasteiger partial charge is 0.374 e. The Morgan fingerprint density at radius 1 is 0.960 bits per heavy atom. The second-order valence-electron chi connectivity index (χ2n) is 7.67. The molecule has 25 heavy (non-hydrogen) atoms. The maximum atomic E-state index is 13.8. The number of rotatable bonds is 8. The predicted molar refractivity (Wildman–Crippen MR) is 98.8 cm³/mol. The van der Waals surface area contributed by atoms with Crippen molar-refractivity contribution in [1.29, 1.82) is 0 Å². The third-order valence-corrected chi connectivity index (χ3v) is 5.00. The molecule has 1 atom stereocenters. The minimum absolute atomic E-state index is 0.0323. The molecule has 1 rings (SSSR count). The van der Waals surface area contributed by atoms with E-state index in [4.69, 9.17) is 9.47 Å². The van der Waals surface area contributed by atoms with Crippen LogP contribution in [0.25, 0.3) is 0 Å². The normalized spacial score (nSPS) is 14.8. The van der Waals surface area contributed by atoms with Crippen molar-refractivity contribution in [3.63, 3.8) is 0 Å². The summed E-state index contributed by atoms with van der Waals surface area (Å²) in [5, 5.41) is 0. The van der Waals surface area contributed by atoms with Gasteiger partial charge in [-0.05, 0) is 49.3 Å². The smallest absolute Gasteiger partial charge is 0.238 e. The third-order valence-electron chi connectivity index (χ3n) is 4.01. The quantitative estimate of drug-likeness (QED) is 0.481. The molecule has 146 valence electrons. The summed E-state index contributed by atoms with van der Waals surface area (Å²) in [6.07, 6.45) is 0.551. The van der Waals surface area contributed by atoms with Gasteiger partial charge in [-0.1, -0.05) is 39.8 Å². The summed E-state index contributed by atoms with van der Waals surface area (Å²) in [4.78, 5) is -0.538. The number of hydrogen-bond donors (Lipinski definition) is 0. The van der Waals surface area contributed by atoms with Crippen LogP contribution in [0.5, 0.6) is 0 Å². The maximum absolute atomic E-state index is 13.8. The Bertz CT molecular complexity index is 563. The average molecular weight is 381 g/mol. The van der Waals surface area contributed by atoms with Crippen LogP contribution in [-0.4, -0.2) is 12.2 Å². The van der Waals surface area contributed by atoms with Gasteiger partial charge in [0.25, 0.3) is 0 Å². The van der Waals surface area contributed by atoms with Crippen molar-refractivity contribution >= 4 is 11.2 Å². The molecule has 0 N–H and O–H groups in total. The van der Waals surface area contributed by atoms with E-state index in [-0.39, 0.29) is 42.0 Å². The first kappa shape index (κ1) is 22.3. The van der Waals surface area contributed by atoms with Gasteiger partial charge in [0.15, 0.2) is 0 Å². The lowest BCUT2D eigenvalue weighted by molar-refractivity contribution is 0.0482. The van der Waals surface area contributed by atoms with Crippen LogP contribution in [0, 0.1) is 0 Å². The SMILES string of the molecule is CCC(C)OCc1cc(C(C)(C)C)cc(COC(C)C)c1S(F)(F)F. The van der Waals surface area contributed by atoms with Crippen molar-refractivity contribution in [2.24, 2.45) is 0 Å². The highest BCUT2D eigenvalue weighted by Gasteiger charge is 2.33. The van der Waals surface area contributed by atoms with Gasteiger partial charge in [-0.25, -0.2) is 0 Å². The van der Waals surface area contributed by atoms with Gasteiger partial charge in [0.2, 0.25) is 11.2 Å². The van der Waals surface area contributed by atoms with Gasteiger partial charge in [-0.3, -0.25) is 0 Å². The van der Waals surface area contributed by atoms with Crippen molar-refractivity contribution in [3.05, 3.63) is 28.8 Å². The van der Waals surface area contributed by atoms with E-state index in [0.29, 0.717) is 0 Å². The van der Waals surface area contributed by atoms with E-state index >= 15 is 0 Å². The monoisotopic (exact) mass is 380 g/mol. The number of ether oxygens (including phenoxy) is 2. The molecule has 0 aliphatic heterocycles. The summed E-state index contributed by atoms with van der Waals surface area (Å²) >= 11 is -5.39. The molecule has 0 bridgehead atoms. The summed E-state index contributed by atoms with van der Waals surface area (Å²) < 4.78 is 52.7. The molecule has 1 aromatic rings. The highest BCUT2D eigenvalue weighted by Crippen LogP contribution is 2.63. The van der Waals surface area contributed by atoms with Gasteiger partial charge in [-0.15, -0.1) is 11.7 Å². The van der Waals surface area contributed by atoms with E-state index in [2.05, 4.69) is 0 Å². The Hall–Kier alpha value is -0.720. The van der Waals surface area contributed by atoms with Gasteiger partial charge in [0, 0.05) is 0 Å². The van der Waals surface area contributed by atoms with E-state index in [9.17, 15) is 11.7 Å². The lowest BCUT2D eigenvalue weighted by Gasteiger charge is -2.26. The third kappa shape index (κ3) is 6.83. The van der Waals surface area contributed by atoms with Crippen LogP contribution in [0.1, 0.15) is 71.6 Å². The lowest BCUT2D eigenvalue weighted by atomic mass is 9.85. The summed E-state index contributed by atoms with van der Waals surface area (Å²) in [6, 6.07) is 3.29. The average Bonchev–Trinajstić information content (AvgIpc) is 2.47. The molecule has 0 spiro atoms. The standard InChI is InChI=1S/C19H31F3O2S/c1-8-14(4)24-12-16-10-17(19(5,6)7)9-15(11-23-13(2)3)18(16)25(20,21)22/h9-10,13-14H,8,11-12H2,1-7H3. The van der Waals surface area contributed by atoms with Crippen molar-refractivity contribution in [2.75, 3.05) is 0 Å². The number of halogens is 3. The Morgan fingerprint density at radius 3 is 1.80 bits per heavy atom. The fourth-order valence-electron chi connectivity index (χ4n) is 2.31. The first-order chi connectivity index (χ1) is 11.4. The van der Waals surface area contributed by atoms with Gasteiger partial charge in [-0.2, -0.15) is 0 Å². The molecule has 2 nitrogen and oxygen atoms in total. The van der Waals surface area contributed by atoms with E-state index < -0.39 is 16.1 Å². The van der Waals surface area contributed by atoms with Gasteiger partial charge >= 0.3 is 0 Å². The maximum Gasteiger partial charge on any atom is 0.238 e. The number of hydrogen-bond acceptors (Lipinski definition) is 2. The Morgan fingerprint density at radius 2 is 1.44 bits per heavy atom. The molecule has 0 saturated heterocycles. The van der Waals surface area contributed by atoms with Crippen LogP contribution >= 0.6 is 11.2 Å². The Balaban J connectivity index is 3.43. The zero-order chi connectivity index (χ0) is 19.4. The van der Waals surface area contributed by atoms with Crippen molar-refractivity contribution in [2.45, 2.75) is 90.6 Å². The highest BCUT2D eigenvalue weighted by atomic mass is 32.3. The molecule has 6 heteroatoms. The molecule has 0 fully saturated rings. The summed E-state index contributed by atoms with van der Waals surface area (Å²) in [5.74, 6) is 0. The molecule has 0 aliphatic carbocycles. The molecule has 0 heterocycles. The molecule has 0 radical (unpaired) electrons.